The Labute approximate surface area is 312 Å². The van der Waals surface area contributed by atoms with Crippen molar-refractivity contribution in [1.29, 1.82) is 0 Å². The fourth-order valence-corrected chi connectivity index (χ4v) is 8.71. The van der Waals surface area contributed by atoms with Gasteiger partial charge < -0.3 is 0 Å². The van der Waals surface area contributed by atoms with E-state index in [0.29, 0.717) is 5.82 Å². The summed E-state index contributed by atoms with van der Waals surface area (Å²) in [5, 5.41) is 5.03. The molecule has 10 rings (SSSR count). The summed E-state index contributed by atoms with van der Waals surface area (Å²) in [6.07, 6.45) is 0. The zero-order chi connectivity index (χ0) is 35.1. The Morgan fingerprint density at radius 1 is 0.321 bits per heavy atom. The van der Waals surface area contributed by atoms with Crippen molar-refractivity contribution < 1.29 is 0 Å². The molecule has 0 bridgehead atoms. The molecule has 0 atom stereocenters. The van der Waals surface area contributed by atoms with Gasteiger partial charge in [-0.25, -0.2) is 9.97 Å². The first-order chi connectivity index (χ1) is 26.2. The Morgan fingerprint density at radius 3 is 1.79 bits per heavy atom. The lowest BCUT2D eigenvalue weighted by molar-refractivity contribution is 1.18. The van der Waals surface area contributed by atoms with E-state index in [0.717, 1.165) is 50.3 Å². The lowest BCUT2D eigenvalue weighted by atomic mass is 9.93. The van der Waals surface area contributed by atoms with Gasteiger partial charge in [-0.15, -0.1) is 11.3 Å². The van der Waals surface area contributed by atoms with Gasteiger partial charge in [0.2, 0.25) is 0 Å². The van der Waals surface area contributed by atoms with Crippen LogP contribution in [0.3, 0.4) is 0 Å². The lowest BCUT2D eigenvalue weighted by Gasteiger charge is -2.15. The van der Waals surface area contributed by atoms with Gasteiger partial charge in [0, 0.05) is 36.9 Å². The lowest BCUT2D eigenvalue weighted by Crippen LogP contribution is -1.97. The Morgan fingerprint density at radius 2 is 0.943 bits per heavy atom. The van der Waals surface area contributed by atoms with Crippen LogP contribution in [0.2, 0.25) is 0 Å². The molecular weight excluding hydrogens is 661 g/mol. The number of hydrogen-bond donors (Lipinski definition) is 0. The van der Waals surface area contributed by atoms with Crippen molar-refractivity contribution in [3.8, 4) is 67.3 Å². The molecule has 0 amide bonds. The van der Waals surface area contributed by atoms with E-state index < -0.39 is 0 Å². The van der Waals surface area contributed by atoms with Crippen molar-refractivity contribution >= 4 is 42.3 Å². The first-order valence-electron chi connectivity index (χ1n) is 17.9. The fraction of sp³-hybridized carbons (Fsp3) is 0. The first-order valence-corrected chi connectivity index (χ1v) is 18.7. The van der Waals surface area contributed by atoms with E-state index in [2.05, 4.69) is 176 Å². The molecule has 2 nitrogen and oxygen atoms in total. The Bertz CT molecular complexity index is 2950. The summed E-state index contributed by atoms with van der Waals surface area (Å²) >= 11 is 1.86. The zero-order valence-corrected chi connectivity index (χ0v) is 29.6. The number of aromatic nitrogens is 2. The SMILES string of the molecule is c1ccc(-c2cc(-c3cc(-c4ccccc4-c4ccc5ccccc5c4)nc(-c4ccccc4)n3)cc(-c3cccc4c3sc3ccccc34)c2)cc1. The largest absolute Gasteiger partial charge is 0.228 e. The molecule has 2 aromatic heterocycles. The summed E-state index contributed by atoms with van der Waals surface area (Å²) in [7, 11) is 0. The molecule has 2 heterocycles. The van der Waals surface area contributed by atoms with Gasteiger partial charge in [0.1, 0.15) is 0 Å². The van der Waals surface area contributed by atoms with Crippen molar-refractivity contribution in [1.82, 2.24) is 9.97 Å². The third-order valence-electron chi connectivity index (χ3n) is 10.1. The molecule has 53 heavy (non-hydrogen) atoms. The number of nitrogens with zero attached hydrogens (tertiary/aromatic N) is 2. The molecule has 0 saturated carbocycles. The van der Waals surface area contributed by atoms with E-state index in [9.17, 15) is 0 Å². The van der Waals surface area contributed by atoms with Crippen LogP contribution in [0.1, 0.15) is 0 Å². The highest BCUT2D eigenvalue weighted by atomic mass is 32.1. The third kappa shape index (κ3) is 5.78. The summed E-state index contributed by atoms with van der Waals surface area (Å²) in [6, 6.07) is 69.2. The number of fused-ring (bicyclic) bond motifs is 4. The van der Waals surface area contributed by atoms with E-state index in [4.69, 9.17) is 9.97 Å². The van der Waals surface area contributed by atoms with E-state index in [-0.39, 0.29) is 0 Å². The fourth-order valence-electron chi connectivity index (χ4n) is 7.47. The van der Waals surface area contributed by atoms with Gasteiger partial charge in [-0.3, -0.25) is 0 Å². The third-order valence-corrected chi connectivity index (χ3v) is 11.3. The first kappa shape index (κ1) is 31.1. The molecular formula is C50H32N2S. The Balaban J connectivity index is 1.20. The summed E-state index contributed by atoms with van der Waals surface area (Å²) in [4.78, 5) is 10.6. The highest BCUT2D eigenvalue weighted by Crippen LogP contribution is 2.42. The van der Waals surface area contributed by atoms with Gasteiger partial charge in [-0.2, -0.15) is 0 Å². The molecule has 0 aliphatic rings. The van der Waals surface area contributed by atoms with Gasteiger partial charge in [0.25, 0.3) is 0 Å². The van der Waals surface area contributed by atoms with Gasteiger partial charge in [0.15, 0.2) is 5.82 Å². The predicted molar refractivity (Wildman–Crippen MR) is 225 cm³/mol. The Hall–Kier alpha value is -6.68. The molecule has 0 unspecified atom stereocenters. The van der Waals surface area contributed by atoms with Gasteiger partial charge in [-0.1, -0.05) is 158 Å². The van der Waals surface area contributed by atoms with Crippen molar-refractivity contribution in [3.63, 3.8) is 0 Å². The molecule has 0 fully saturated rings. The van der Waals surface area contributed by atoms with Crippen LogP contribution in [0, 0.1) is 0 Å². The van der Waals surface area contributed by atoms with E-state index in [1.54, 1.807) is 0 Å². The second-order valence-corrected chi connectivity index (χ2v) is 14.4. The summed E-state index contributed by atoms with van der Waals surface area (Å²) in [5.41, 5.74) is 11.9. The average Bonchev–Trinajstić information content (AvgIpc) is 3.63. The molecule has 3 heteroatoms. The van der Waals surface area contributed by atoms with Gasteiger partial charge in [-0.05, 0) is 80.6 Å². The molecule has 248 valence electrons. The van der Waals surface area contributed by atoms with Crippen LogP contribution in [0.25, 0.3) is 98.2 Å². The van der Waals surface area contributed by atoms with E-state index >= 15 is 0 Å². The minimum Gasteiger partial charge on any atom is -0.228 e. The van der Waals surface area contributed by atoms with Crippen LogP contribution in [0.15, 0.2) is 194 Å². The topological polar surface area (TPSA) is 25.8 Å². The predicted octanol–water partition coefficient (Wildman–Crippen LogP) is 14.0. The van der Waals surface area contributed by atoms with Crippen LogP contribution in [0.4, 0.5) is 0 Å². The number of benzene rings is 8. The molecule has 0 aliphatic carbocycles. The molecule has 0 radical (unpaired) electrons. The van der Waals surface area contributed by atoms with Crippen LogP contribution < -0.4 is 0 Å². The summed E-state index contributed by atoms with van der Waals surface area (Å²) < 4.78 is 2.59. The number of rotatable bonds is 6. The smallest absolute Gasteiger partial charge is 0.160 e. The second-order valence-electron chi connectivity index (χ2n) is 13.4. The highest BCUT2D eigenvalue weighted by Gasteiger charge is 2.17. The number of hydrogen-bond acceptors (Lipinski definition) is 3. The molecule has 0 aliphatic heterocycles. The molecule has 10 aromatic rings. The molecule has 0 N–H and O–H groups in total. The zero-order valence-electron chi connectivity index (χ0n) is 28.8. The maximum absolute atomic E-state index is 5.30. The van der Waals surface area contributed by atoms with Crippen molar-refractivity contribution in [2.75, 3.05) is 0 Å². The van der Waals surface area contributed by atoms with Gasteiger partial charge in [0.05, 0.1) is 11.4 Å². The highest BCUT2D eigenvalue weighted by molar-refractivity contribution is 7.26. The van der Waals surface area contributed by atoms with Crippen LogP contribution in [-0.4, -0.2) is 9.97 Å². The maximum atomic E-state index is 5.30. The standard InChI is InChI=1S/C50H32N2S/c1-3-14-33(15-4-1)38-29-39(42-23-13-24-45-44-22-11-12-25-48(44)53-49(42)45)31-40(30-38)46-32-47(52-50(51-46)35-17-5-2-6-18-35)43-21-10-9-20-41(43)37-27-26-34-16-7-8-19-36(34)28-37/h1-32H. The van der Waals surface area contributed by atoms with E-state index in [1.807, 2.05) is 29.5 Å². The van der Waals surface area contributed by atoms with Crippen molar-refractivity contribution in [3.05, 3.63) is 194 Å². The maximum Gasteiger partial charge on any atom is 0.160 e. The summed E-state index contributed by atoms with van der Waals surface area (Å²) in [5.74, 6) is 0.699. The number of thiophene rings is 1. The van der Waals surface area contributed by atoms with Crippen LogP contribution >= 0.6 is 11.3 Å². The second kappa shape index (κ2) is 13.1. The molecule has 0 spiro atoms. The van der Waals surface area contributed by atoms with Crippen LogP contribution in [-0.2, 0) is 0 Å². The minimum absolute atomic E-state index is 0.699. The monoisotopic (exact) mass is 692 g/mol. The quantitative estimate of drug-likeness (QED) is 0.173. The normalized spacial score (nSPS) is 11.4. The van der Waals surface area contributed by atoms with Crippen molar-refractivity contribution in [2.45, 2.75) is 0 Å². The van der Waals surface area contributed by atoms with E-state index in [1.165, 1.54) is 42.1 Å². The molecule has 8 aromatic carbocycles. The van der Waals surface area contributed by atoms with Crippen LogP contribution in [0.5, 0.6) is 0 Å². The average molecular weight is 693 g/mol. The van der Waals surface area contributed by atoms with Crippen molar-refractivity contribution in [2.24, 2.45) is 0 Å². The molecule has 0 saturated heterocycles. The van der Waals surface area contributed by atoms with Gasteiger partial charge >= 0.3 is 0 Å². The Kier molecular flexibility index (Phi) is 7.71. The minimum atomic E-state index is 0.699. The summed E-state index contributed by atoms with van der Waals surface area (Å²) in [6.45, 7) is 0.